The van der Waals surface area contributed by atoms with Gasteiger partial charge in [0.1, 0.15) is 11.9 Å². The molecule has 0 aliphatic carbocycles. The topological polar surface area (TPSA) is 75.2 Å². The first-order valence-corrected chi connectivity index (χ1v) is 11.8. The predicted molar refractivity (Wildman–Crippen MR) is 124 cm³/mol. The Labute approximate surface area is 186 Å². The molecule has 2 fully saturated rings. The van der Waals surface area contributed by atoms with Gasteiger partial charge in [0.15, 0.2) is 5.96 Å². The van der Waals surface area contributed by atoms with E-state index in [9.17, 15) is 4.79 Å². The van der Waals surface area contributed by atoms with Crippen molar-refractivity contribution in [2.75, 3.05) is 39.4 Å². The van der Waals surface area contributed by atoms with Crippen molar-refractivity contribution in [1.82, 2.24) is 15.5 Å². The minimum atomic E-state index is 0.123. The van der Waals surface area contributed by atoms with Gasteiger partial charge in [-0.15, -0.1) is 0 Å². The van der Waals surface area contributed by atoms with Gasteiger partial charge in [-0.25, -0.2) is 4.99 Å². The molecule has 0 aromatic heterocycles. The van der Waals surface area contributed by atoms with Crippen LogP contribution in [0.5, 0.6) is 5.75 Å². The number of nitrogens with one attached hydrogen (secondary N) is 2. The third-order valence-corrected chi connectivity index (χ3v) is 5.72. The van der Waals surface area contributed by atoms with Gasteiger partial charge in [0, 0.05) is 44.6 Å². The summed E-state index contributed by atoms with van der Waals surface area (Å²) in [7, 11) is 0. The quantitative estimate of drug-likeness (QED) is 0.358. The van der Waals surface area contributed by atoms with Crippen molar-refractivity contribution in [3.63, 3.8) is 0 Å². The number of carbonyl (C=O) groups is 1. The van der Waals surface area contributed by atoms with Crippen molar-refractivity contribution in [3.05, 3.63) is 29.3 Å². The Kier molecular flexibility index (Phi) is 9.46. The number of aliphatic imine (C=N–C) groups is 1. The minimum absolute atomic E-state index is 0.123. The lowest BCUT2D eigenvalue weighted by Crippen LogP contribution is -2.39. The van der Waals surface area contributed by atoms with Crippen molar-refractivity contribution in [3.8, 4) is 5.75 Å². The molecule has 2 aliphatic heterocycles. The highest BCUT2D eigenvalue weighted by Gasteiger charge is 2.19. The number of rotatable bonds is 9. The number of benzene rings is 1. The van der Waals surface area contributed by atoms with E-state index in [1.54, 1.807) is 0 Å². The number of amides is 1. The summed E-state index contributed by atoms with van der Waals surface area (Å²) in [6.07, 6.45) is 5.98. The van der Waals surface area contributed by atoms with Crippen LogP contribution in [0.4, 0.5) is 0 Å². The molecule has 2 N–H and O–H groups in total. The number of likely N-dealkylation sites (tertiary alicyclic amines) is 1. The van der Waals surface area contributed by atoms with Crippen LogP contribution in [0.2, 0.25) is 0 Å². The molecule has 0 bridgehead atoms. The molecule has 1 aromatic rings. The number of ether oxygens (including phenoxy) is 2. The van der Waals surface area contributed by atoms with E-state index in [0.717, 1.165) is 82.2 Å². The minimum Gasteiger partial charge on any atom is -0.488 e. The van der Waals surface area contributed by atoms with Crippen LogP contribution in [0.25, 0.3) is 0 Å². The maximum Gasteiger partial charge on any atom is 0.222 e. The Bertz CT molecular complexity index is 732. The predicted octanol–water partition coefficient (Wildman–Crippen LogP) is 3.01. The first-order chi connectivity index (χ1) is 15.2. The van der Waals surface area contributed by atoms with E-state index in [1.165, 1.54) is 5.56 Å². The molecule has 1 aromatic carbocycles. The lowest BCUT2D eigenvalue weighted by Gasteiger charge is -2.21. The first kappa shape index (κ1) is 23.4. The van der Waals surface area contributed by atoms with Crippen LogP contribution in [0.15, 0.2) is 23.2 Å². The van der Waals surface area contributed by atoms with E-state index in [-0.39, 0.29) is 6.10 Å². The molecule has 7 nitrogen and oxygen atoms in total. The van der Waals surface area contributed by atoms with E-state index in [2.05, 4.69) is 42.7 Å². The fraction of sp³-hybridized carbons (Fsp3) is 0.667. The largest absolute Gasteiger partial charge is 0.488 e. The van der Waals surface area contributed by atoms with Crippen molar-refractivity contribution >= 4 is 11.9 Å². The van der Waals surface area contributed by atoms with Gasteiger partial charge >= 0.3 is 0 Å². The van der Waals surface area contributed by atoms with Crippen LogP contribution < -0.4 is 15.4 Å². The van der Waals surface area contributed by atoms with Crippen molar-refractivity contribution < 1.29 is 14.3 Å². The van der Waals surface area contributed by atoms with E-state index < -0.39 is 0 Å². The molecular formula is C24H38N4O3. The molecule has 2 aliphatic rings. The molecule has 3 rings (SSSR count). The van der Waals surface area contributed by atoms with Gasteiger partial charge in [0.2, 0.25) is 5.91 Å². The van der Waals surface area contributed by atoms with Gasteiger partial charge < -0.3 is 25.0 Å². The summed E-state index contributed by atoms with van der Waals surface area (Å²) >= 11 is 0. The highest BCUT2D eigenvalue weighted by molar-refractivity contribution is 5.79. The lowest BCUT2D eigenvalue weighted by atomic mass is 10.1. The summed E-state index contributed by atoms with van der Waals surface area (Å²) in [5.74, 6) is 1.99. The summed E-state index contributed by atoms with van der Waals surface area (Å²) in [5.41, 5.74) is 2.25. The third-order valence-electron chi connectivity index (χ3n) is 5.72. The molecule has 1 atom stereocenters. The van der Waals surface area contributed by atoms with Crippen LogP contribution in [-0.2, 0) is 16.1 Å². The fourth-order valence-corrected chi connectivity index (χ4v) is 3.95. The Morgan fingerprint density at radius 1 is 1.29 bits per heavy atom. The molecule has 7 heteroatoms. The number of hydrogen-bond donors (Lipinski definition) is 2. The number of aryl methyl sites for hydroxylation is 1. The van der Waals surface area contributed by atoms with Crippen LogP contribution in [0.3, 0.4) is 0 Å². The Morgan fingerprint density at radius 2 is 2.19 bits per heavy atom. The van der Waals surface area contributed by atoms with Gasteiger partial charge in [0.25, 0.3) is 0 Å². The highest BCUT2D eigenvalue weighted by atomic mass is 16.5. The maximum absolute atomic E-state index is 12.1. The van der Waals surface area contributed by atoms with Crippen LogP contribution in [0.1, 0.15) is 56.6 Å². The highest BCUT2D eigenvalue weighted by Crippen LogP contribution is 2.24. The summed E-state index contributed by atoms with van der Waals surface area (Å²) in [4.78, 5) is 18.9. The zero-order valence-corrected chi connectivity index (χ0v) is 19.1. The van der Waals surface area contributed by atoms with Crippen LogP contribution in [0, 0.1) is 6.92 Å². The lowest BCUT2D eigenvalue weighted by molar-refractivity contribution is -0.130. The normalized spacial score (nSPS) is 19.9. The molecule has 172 valence electrons. The summed E-state index contributed by atoms with van der Waals surface area (Å²) < 4.78 is 11.6. The Balaban J connectivity index is 1.52. The molecule has 2 heterocycles. The monoisotopic (exact) mass is 430 g/mol. The average Bonchev–Trinajstić information content (AvgIpc) is 3.18. The average molecular weight is 431 g/mol. The van der Waals surface area contributed by atoms with Gasteiger partial charge in [-0.1, -0.05) is 18.6 Å². The summed E-state index contributed by atoms with van der Waals surface area (Å²) in [6.45, 7) is 9.39. The zero-order chi connectivity index (χ0) is 21.9. The first-order valence-electron chi connectivity index (χ1n) is 11.8. The summed E-state index contributed by atoms with van der Waals surface area (Å²) in [5, 5.41) is 6.72. The molecule has 0 spiro atoms. The standard InChI is InChI=1S/C24H38N4O3/c1-3-25-24(26-12-7-14-28-13-6-4-5-8-23(28)29)27-17-20-10-9-19(2)16-22(20)31-21-11-15-30-18-21/h9-10,16,21H,3-8,11-15,17-18H2,1-2H3,(H2,25,26,27). The SMILES string of the molecule is CCNC(=NCc1ccc(C)cc1OC1CCOC1)NCCCN1CCCCCC1=O. The zero-order valence-electron chi connectivity index (χ0n) is 19.1. The number of nitrogens with zero attached hydrogens (tertiary/aromatic N) is 2. The molecule has 31 heavy (non-hydrogen) atoms. The fourth-order valence-electron chi connectivity index (χ4n) is 3.95. The Morgan fingerprint density at radius 3 is 3.00 bits per heavy atom. The number of guanidine groups is 1. The molecular weight excluding hydrogens is 392 g/mol. The third kappa shape index (κ3) is 7.73. The van der Waals surface area contributed by atoms with Crippen molar-refractivity contribution in [2.45, 2.75) is 65.0 Å². The number of hydrogen-bond acceptors (Lipinski definition) is 4. The van der Waals surface area contributed by atoms with E-state index in [0.29, 0.717) is 25.5 Å². The van der Waals surface area contributed by atoms with Crippen molar-refractivity contribution in [1.29, 1.82) is 0 Å². The smallest absolute Gasteiger partial charge is 0.222 e. The molecule has 0 radical (unpaired) electrons. The van der Waals surface area contributed by atoms with E-state index in [4.69, 9.17) is 14.5 Å². The maximum atomic E-state index is 12.1. The number of carbonyl (C=O) groups excluding carboxylic acids is 1. The van der Waals surface area contributed by atoms with E-state index >= 15 is 0 Å². The second-order valence-electron chi connectivity index (χ2n) is 8.38. The van der Waals surface area contributed by atoms with Gasteiger partial charge in [-0.05, 0) is 44.7 Å². The van der Waals surface area contributed by atoms with Crippen molar-refractivity contribution in [2.24, 2.45) is 4.99 Å². The summed E-state index contributed by atoms with van der Waals surface area (Å²) in [6, 6.07) is 6.28. The second-order valence-corrected chi connectivity index (χ2v) is 8.38. The molecule has 2 saturated heterocycles. The molecule has 0 saturated carbocycles. The van der Waals surface area contributed by atoms with Crippen LogP contribution >= 0.6 is 0 Å². The molecule has 1 unspecified atom stereocenters. The van der Waals surface area contributed by atoms with Gasteiger partial charge in [-0.3, -0.25) is 4.79 Å². The second kappa shape index (κ2) is 12.5. The van der Waals surface area contributed by atoms with Gasteiger partial charge in [0.05, 0.1) is 19.8 Å². The van der Waals surface area contributed by atoms with E-state index in [1.807, 2.05) is 4.90 Å². The van der Waals surface area contributed by atoms with Crippen LogP contribution in [-0.4, -0.2) is 62.3 Å². The Hall–Kier alpha value is -2.28. The molecule has 1 amide bonds. The van der Waals surface area contributed by atoms with Gasteiger partial charge in [-0.2, -0.15) is 0 Å².